The van der Waals surface area contributed by atoms with Gasteiger partial charge in [0.2, 0.25) is 0 Å². The zero-order valence-corrected chi connectivity index (χ0v) is 25.6. The number of benzene rings is 1. The fourth-order valence-corrected chi connectivity index (χ4v) is 8.47. The van der Waals surface area contributed by atoms with Gasteiger partial charge in [-0.1, -0.05) is 143 Å². The molecule has 0 aliphatic rings. The standard InChI is InChI=1S/C30H57P3/c1-4-7-10-13-16-19-22-31-28-25-29(32-23-20-17-14-11-8-5-2)27-30(26-28)33-24-21-18-15-12-9-6-3/h25-27,31-33H,4-24H2,1-3H3. The van der Waals surface area contributed by atoms with Gasteiger partial charge in [-0.25, -0.2) is 0 Å². The Morgan fingerprint density at radius 1 is 0.364 bits per heavy atom. The van der Waals surface area contributed by atoms with E-state index in [1.165, 1.54) is 134 Å². The molecule has 0 aliphatic carbocycles. The van der Waals surface area contributed by atoms with Crippen molar-refractivity contribution in [2.24, 2.45) is 0 Å². The van der Waals surface area contributed by atoms with Crippen molar-refractivity contribution >= 4 is 41.7 Å². The highest BCUT2D eigenvalue weighted by atomic mass is 31.1. The predicted octanol–water partition coefficient (Wildman–Crippen LogP) is 9.68. The molecule has 1 aromatic carbocycles. The molecule has 0 radical (unpaired) electrons. The van der Waals surface area contributed by atoms with Gasteiger partial charge in [0.05, 0.1) is 0 Å². The summed E-state index contributed by atoms with van der Waals surface area (Å²) < 4.78 is 0. The fourth-order valence-electron chi connectivity index (χ4n) is 4.35. The summed E-state index contributed by atoms with van der Waals surface area (Å²) in [6.45, 7) is 6.94. The van der Waals surface area contributed by atoms with Gasteiger partial charge in [-0.15, -0.1) is 0 Å². The SMILES string of the molecule is CCCCCCCCPc1cc(PCCCCCCCC)cc(PCCCCCCCC)c1. The Hall–Kier alpha value is 0.510. The molecule has 0 nitrogen and oxygen atoms in total. The van der Waals surface area contributed by atoms with Crippen LogP contribution >= 0.6 is 25.7 Å². The van der Waals surface area contributed by atoms with Crippen LogP contribution in [0, 0.1) is 0 Å². The second kappa shape index (κ2) is 24.2. The van der Waals surface area contributed by atoms with Crippen molar-refractivity contribution in [3.8, 4) is 0 Å². The molecule has 0 spiro atoms. The van der Waals surface area contributed by atoms with E-state index in [1.54, 1.807) is 15.9 Å². The Morgan fingerprint density at radius 2 is 0.606 bits per heavy atom. The van der Waals surface area contributed by atoms with Gasteiger partial charge in [0.1, 0.15) is 0 Å². The summed E-state index contributed by atoms with van der Waals surface area (Å²) in [4.78, 5) is 0. The molecule has 0 saturated heterocycles. The van der Waals surface area contributed by atoms with E-state index < -0.39 is 0 Å². The summed E-state index contributed by atoms with van der Waals surface area (Å²) in [6, 6.07) is 7.76. The number of rotatable bonds is 24. The monoisotopic (exact) mass is 510 g/mol. The van der Waals surface area contributed by atoms with Crippen molar-refractivity contribution in [2.45, 2.75) is 136 Å². The summed E-state index contributed by atoms with van der Waals surface area (Å²) in [5, 5.41) is 5.01. The lowest BCUT2D eigenvalue weighted by Crippen LogP contribution is -2.14. The van der Waals surface area contributed by atoms with Crippen LogP contribution in [0.2, 0.25) is 0 Å². The van der Waals surface area contributed by atoms with E-state index in [4.69, 9.17) is 0 Å². The molecule has 192 valence electrons. The lowest BCUT2D eigenvalue weighted by molar-refractivity contribution is 0.626. The largest absolute Gasteiger partial charge is 0.0903 e. The normalized spacial score (nSPS) is 12.5. The lowest BCUT2D eigenvalue weighted by atomic mass is 10.1. The third kappa shape index (κ3) is 19.4. The molecule has 3 atom stereocenters. The van der Waals surface area contributed by atoms with Gasteiger partial charge < -0.3 is 0 Å². The van der Waals surface area contributed by atoms with E-state index in [9.17, 15) is 0 Å². The van der Waals surface area contributed by atoms with Crippen molar-refractivity contribution in [3.05, 3.63) is 18.2 Å². The average Bonchev–Trinajstić information content (AvgIpc) is 2.82. The first-order chi connectivity index (χ1) is 16.3. The zero-order chi connectivity index (χ0) is 23.8. The van der Waals surface area contributed by atoms with Gasteiger partial charge >= 0.3 is 0 Å². The van der Waals surface area contributed by atoms with Crippen LogP contribution in [-0.4, -0.2) is 18.5 Å². The molecule has 3 unspecified atom stereocenters. The summed E-state index contributed by atoms with van der Waals surface area (Å²) in [5.41, 5.74) is 0. The van der Waals surface area contributed by atoms with Crippen LogP contribution < -0.4 is 15.9 Å². The smallest absolute Gasteiger partial charge is 0.0259 e. The molecular weight excluding hydrogens is 453 g/mol. The molecular formula is C30H57P3. The first-order valence-corrected chi connectivity index (χ1v) is 18.3. The predicted molar refractivity (Wildman–Crippen MR) is 165 cm³/mol. The van der Waals surface area contributed by atoms with Gasteiger partial charge in [0.15, 0.2) is 0 Å². The van der Waals surface area contributed by atoms with Crippen LogP contribution in [0.1, 0.15) is 136 Å². The van der Waals surface area contributed by atoms with Crippen molar-refractivity contribution in [1.29, 1.82) is 0 Å². The third-order valence-electron chi connectivity index (χ3n) is 6.51. The van der Waals surface area contributed by atoms with Crippen LogP contribution in [0.5, 0.6) is 0 Å². The number of hydrogen-bond acceptors (Lipinski definition) is 0. The molecule has 0 saturated carbocycles. The molecule has 0 amide bonds. The lowest BCUT2D eigenvalue weighted by Gasteiger charge is -2.11. The summed E-state index contributed by atoms with van der Waals surface area (Å²) in [6.07, 6.45) is 29.9. The van der Waals surface area contributed by atoms with Crippen LogP contribution in [-0.2, 0) is 0 Å². The van der Waals surface area contributed by atoms with Gasteiger partial charge in [-0.2, -0.15) is 0 Å². The van der Waals surface area contributed by atoms with E-state index in [2.05, 4.69) is 39.0 Å². The van der Waals surface area contributed by atoms with Gasteiger partial charge in [-0.05, 0) is 71.9 Å². The minimum absolute atomic E-state index is 1.03. The third-order valence-corrected chi connectivity index (χ3v) is 10.4. The Kier molecular flexibility index (Phi) is 23.1. The summed E-state index contributed by atoms with van der Waals surface area (Å²) in [7, 11) is 3.09. The first kappa shape index (κ1) is 31.5. The topological polar surface area (TPSA) is 0 Å². The van der Waals surface area contributed by atoms with Gasteiger partial charge in [0.25, 0.3) is 0 Å². The van der Waals surface area contributed by atoms with E-state index in [-0.39, 0.29) is 0 Å². The van der Waals surface area contributed by atoms with E-state index in [0.717, 1.165) is 25.7 Å². The van der Waals surface area contributed by atoms with Crippen molar-refractivity contribution in [2.75, 3.05) is 18.5 Å². The summed E-state index contributed by atoms with van der Waals surface area (Å²) in [5.74, 6) is 0. The molecule has 1 rings (SSSR count). The van der Waals surface area contributed by atoms with E-state index in [0.29, 0.717) is 0 Å². The molecule has 3 heteroatoms. The molecule has 0 N–H and O–H groups in total. The van der Waals surface area contributed by atoms with Crippen LogP contribution in [0.4, 0.5) is 0 Å². The minimum atomic E-state index is 1.03. The molecule has 0 aliphatic heterocycles. The quantitative estimate of drug-likeness (QED) is 0.0959. The van der Waals surface area contributed by atoms with E-state index >= 15 is 0 Å². The zero-order valence-electron chi connectivity index (χ0n) is 22.6. The molecule has 0 aromatic heterocycles. The molecule has 0 heterocycles. The van der Waals surface area contributed by atoms with E-state index in [1.807, 2.05) is 0 Å². The molecule has 0 fully saturated rings. The highest BCUT2D eigenvalue weighted by Gasteiger charge is 2.04. The second-order valence-corrected chi connectivity index (χ2v) is 14.2. The molecule has 33 heavy (non-hydrogen) atoms. The number of unbranched alkanes of at least 4 members (excludes halogenated alkanes) is 15. The Morgan fingerprint density at radius 3 is 0.879 bits per heavy atom. The maximum atomic E-state index is 2.59. The van der Waals surface area contributed by atoms with Gasteiger partial charge in [-0.3, -0.25) is 0 Å². The highest BCUT2D eigenvalue weighted by Crippen LogP contribution is 2.21. The Bertz CT molecular complexity index is 455. The maximum absolute atomic E-state index is 2.59. The highest BCUT2D eigenvalue weighted by molar-refractivity contribution is 7.50. The molecule has 1 aromatic rings. The Balaban J connectivity index is 2.44. The van der Waals surface area contributed by atoms with Crippen LogP contribution in [0.15, 0.2) is 18.2 Å². The minimum Gasteiger partial charge on any atom is -0.0903 e. The maximum Gasteiger partial charge on any atom is -0.0259 e. The van der Waals surface area contributed by atoms with Crippen LogP contribution in [0.3, 0.4) is 0 Å². The average molecular weight is 511 g/mol. The van der Waals surface area contributed by atoms with Crippen molar-refractivity contribution < 1.29 is 0 Å². The first-order valence-electron chi connectivity index (χ1n) is 14.7. The second-order valence-electron chi connectivity index (χ2n) is 9.88. The van der Waals surface area contributed by atoms with Crippen LogP contribution in [0.25, 0.3) is 0 Å². The van der Waals surface area contributed by atoms with Crippen molar-refractivity contribution in [3.63, 3.8) is 0 Å². The summed E-state index contributed by atoms with van der Waals surface area (Å²) >= 11 is 0. The fraction of sp³-hybridized carbons (Fsp3) is 0.800. The van der Waals surface area contributed by atoms with Gasteiger partial charge in [0, 0.05) is 0 Å². The van der Waals surface area contributed by atoms with Crippen molar-refractivity contribution in [1.82, 2.24) is 0 Å². The number of hydrogen-bond donors (Lipinski definition) is 0. The molecule has 0 bridgehead atoms. The Labute approximate surface area is 214 Å².